The zero-order valence-electron chi connectivity index (χ0n) is 10.4. The van der Waals surface area contributed by atoms with Crippen LogP contribution in [-0.2, 0) is 15.1 Å². The topological polar surface area (TPSA) is 123 Å². The Morgan fingerprint density at radius 3 is 2.53 bits per heavy atom. The molecule has 0 radical (unpaired) electrons. The molecule has 0 fully saturated rings. The molecule has 7 heteroatoms. The van der Waals surface area contributed by atoms with Crippen molar-refractivity contribution >= 4 is 23.2 Å². The number of nitrogens with two attached hydrogens (primary N) is 2. The second kappa shape index (κ2) is 4.69. The minimum Gasteiger partial charge on any atom is -0.399 e. The minimum absolute atomic E-state index is 0.0623. The number of carbonyl (C=O) groups excluding carboxylic acids is 2. The van der Waals surface area contributed by atoms with Crippen molar-refractivity contribution in [3.8, 4) is 0 Å². The van der Waals surface area contributed by atoms with E-state index < -0.39 is 17.4 Å². The first kappa shape index (κ1) is 13.0. The summed E-state index contributed by atoms with van der Waals surface area (Å²) < 4.78 is 0. The molecule has 1 heterocycles. The molecule has 100 valence electrons. The Bertz CT molecular complexity index is 552. The van der Waals surface area contributed by atoms with Gasteiger partial charge < -0.3 is 16.8 Å². The van der Waals surface area contributed by atoms with Crippen molar-refractivity contribution < 1.29 is 9.59 Å². The molecule has 0 saturated heterocycles. The van der Waals surface area contributed by atoms with Gasteiger partial charge in [-0.1, -0.05) is 12.1 Å². The van der Waals surface area contributed by atoms with Crippen molar-refractivity contribution in [2.45, 2.75) is 5.54 Å². The highest BCUT2D eigenvalue weighted by atomic mass is 16.2. The number of nitrogen functional groups attached to an aromatic ring is 1. The van der Waals surface area contributed by atoms with Crippen molar-refractivity contribution in [2.24, 2.45) is 10.7 Å². The molecule has 2 amide bonds. The number of benzene rings is 1. The van der Waals surface area contributed by atoms with Crippen molar-refractivity contribution in [3.05, 3.63) is 29.8 Å². The average molecular weight is 261 g/mol. The van der Waals surface area contributed by atoms with Gasteiger partial charge in [-0.3, -0.25) is 19.9 Å². The van der Waals surface area contributed by atoms with Crippen LogP contribution in [-0.4, -0.2) is 31.2 Å². The molecule has 0 aliphatic carbocycles. The highest BCUT2D eigenvalue weighted by Gasteiger charge is 2.49. The number of carbonyl (C=O) groups is 2. The highest BCUT2D eigenvalue weighted by molar-refractivity contribution is 6.47. The van der Waals surface area contributed by atoms with Crippen LogP contribution < -0.4 is 22.1 Å². The summed E-state index contributed by atoms with van der Waals surface area (Å²) in [6, 6.07) is 6.58. The van der Waals surface area contributed by atoms with E-state index in [-0.39, 0.29) is 12.4 Å². The number of nitrogens with zero attached hydrogens (tertiary/aromatic N) is 1. The quantitative estimate of drug-likeness (QED) is 0.505. The Labute approximate surface area is 110 Å². The number of hydrogen-bond acceptors (Lipinski definition) is 5. The maximum atomic E-state index is 11.9. The zero-order chi connectivity index (χ0) is 14.0. The predicted octanol–water partition coefficient (Wildman–Crippen LogP) is -1.30. The third kappa shape index (κ3) is 1.93. The number of nitrogens with one attached hydrogen (secondary N) is 2. The van der Waals surface area contributed by atoms with E-state index in [1.165, 1.54) is 7.05 Å². The van der Waals surface area contributed by atoms with E-state index in [1.807, 2.05) is 0 Å². The van der Waals surface area contributed by atoms with Gasteiger partial charge in [0, 0.05) is 12.7 Å². The van der Waals surface area contributed by atoms with E-state index in [4.69, 9.17) is 11.5 Å². The third-order valence-electron chi connectivity index (χ3n) is 3.09. The fraction of sp³-hybridized carbons (Fsp3) is 0.250. The number of rotatable bonds is 3. The SMILES string of the molecule is CNC(=O)C1=NCNC1(C(N)=O)c1ccc(N)cc1. The molecular weight excluding hydrogens is 246 g/mol. The second-order valence-electron chi connectivity index (χ2n) is 4.16. The molecule has 1 atom stereocenters. The molecule has 1 aliphatic rings. The largest absolute Gasteiger partial charge is 0.399 e. The predicted molar refractivity (Wildman–Crippen MR) is 71.2 cm³/mol. The van der Waals surface area contributed by atoms with Crippen molar-refractivity contribution in [1.29, 1.82) is 0 Å². The van der Waals surface area contributed by atoms with E-state index >= 15 is 0 Å². The lowest BCUT2D eigenvalue weighted by Crippen LogP contribution is -2.58. The van der Waals surface area contributed by atoms with Crippen LogP contribution in [0, 0.1) is 0 Å². The zero-order valence-corrected chi connectivity index (χ0v) is 10.4. The van der Waals surface area contributed by atoms with Gasteiger partial charge in [0.25, 0.3) is 5.91 Å². The van der Waals surface area contributed by atoms with Gasteiger partial charge in [0.1, 0.15) is 5.71 Å². The number of amides is 2. The van der Waals surface area contributed by atoms with Crippen LogP contribution in [0.15, 0.2) is 29.3 Å². The number of anilines is 1. The van der Waals surface area contributed by atoms with Crippen molar-refractivity contribution in [1.82, 2.24) is 10.6 Å². The molecule has 1 aromatic carbocycles. The molecule has 0 saturated carbocycles. The van der Waals surface area contributed by atoms with Crippen molar-refractivity contribution in [3.63, 3.8) is 0 Å². The van der Waals surface area contributed by atoms with E-state index in [9.17, 15) is 9.59 Å². The molecule has 1 aliphatic heterocycles. The second-order valence-corrected chi connectivity index (χ2v) is 4.16. The molecule has 0 bridgehead atoms. The van der Waals surface area contributed by atoms with Crippen LogP contribution in [0.4, 0.5) is 5.69 Å². The fourth-order valence-electron chi connectivity index (χ4n) is 2.12. The van der Waals surface area contributed by atoms with Gasteiger partial charge in [-0.2, -0.15) is 0 Å². The summed E-state index contributed by atoms with van der Waals surface area (Å²) >= 11 is 0. The van der Waals surface area contributed by atoms with Crippen LogP contribution >= 0.6 is 0 Å². The van der Waals surface area contributed by atoms with Crippen LogP contribution in [0.1, 0.15) is 5.56 Å². The first-order chi connectivity index (χ1) is 9.02. The molecule has 1 aromatic rings. The molecule has 2 rings (SSSR count). The summed E-state index contributed by atoms with van der Waals surface area (Å²) in [6.45, 7) is 0.149. The smallest absolute Gasteiger partial charge is 0.267 e. The van der Waals surface area contributed by atoms with Gasteiger partial charge in [0.2, 0.25) is 5.91 Å². The fourth-order valence-corrected chi connectivity index (χ4v) is 2.12. The average Bonchev–Trinajstić information content (AvgIpc) is 2.84. The highest BCUT2D eigenvalue weighted by Crippen LogP contribution is 2.27. The maximum Gasteiger partial charge on any atom is 0.267 e. The summed E-state index contributed by atoms with van der Waals surface area (Å²) in [6.07, 6.45) is 0. The van der Waals surface area contributed by atoms with Gasteiger partial charge in [-0.15, -0.1) is 0 Å². The van der Waals surface area contributed by atoms with E-state index in [2.05, 4.69) is 15.6 Å². The van der Waals surface area contributed by atoms with Crippen LogP contribution in [0.3, 0.4) is 0 Å². The Hall–Kier alpha value is -2.41. The van der Waals surface area contributed by atoms with Gasteiger partial charge in [-0.05, 0) is 17.7 Å². The number of aliphatic imine (C=N–C) groups is 1. The molecule has 0 aromatic heterocycles. The Morgan fingerprint density at radius 1 is 1.37 bits per heavy atom. The van der Waals surface area contributed by atoms with Gasteiger partial charge in [-0.25, -0.2) is 0 Å². The monoisotopic (exact) mass is 261 g/mol. The molecule has 7 nitrogen and oxygen atoms in total. The van der Waals surface area contributed by atoms with Crippen LogP contribution in [0.5, 0.6) is 0 Å². The summed E-state index contributed by atoms with van der Waals surface area (Å²) in [4.78, 5) is 27.8. The van der Waals surface area contributed by atoms with Gasteiger partial charge >= 0.3 is 0 Å². The van der Waals surface area contributed by atoms with Crippen molar-refractivity contribution in [2.75, 3.05) is 19.5 Å². The van der Waals surface area contributed by atoms with E-state index in [1.54, 1.807) is 24.3 Å². The van der Waals surface area contributed by atoms with Gasteiger partial charge in [0.05, 0.1) is 6.67 Å². The Balaban J connectivity index is 2.56. The Kier molecular flexibility index (Phi) is 3.22. The lowest BCUT2D eigenvalue weighted by molar-refractivity contribution is -0.123. The normalized spacial score (nSPS) is 21.8. The van der Waals surface area contributed by atoms with Gasteiger partial charge in [0.15, 0.2) is 5.54 Å². The molecular formula is C12H15N5O2. The summed E-state index contributed by atoms with van der Waals surface area (Å²) in [5, 5.41) is 5.35. The number of hydrogen-bond donors (Lipinski definition) is 4. The van der Waals surface area contributed by atoms with Crippen LogP contribution in [0.2, 0.25) is 0 Å². The first-order valence-electron chi connectivity index (χ1n) is 5.70. The minimum atomic E-state index is -1.41. The first-order valence-corrected chi connectivity index (χ1v) is 5.70. The molecule has 1 unspecified atom stereocenters. The summed E-state index contributed by atoms with van der Waals surface area (Å²) in [5.74, 6) is -1.13. The molecule has 19 heavy (non-hydrogen) atoms. The maximum absolute atomic E-state index is 11.9. The molecule has 0 spiro atoms. The number of primary amides is 1. The third-order valence-corrected chi connectivity index (χ3v) is 3.09. The summed E-state index contributed by atoms with van der Waals surface area (Å²) in [7, 11) is 1.47. The van der Waals surface area contributed by atoms with E-state index in [0.717, 1.165) is 0 Å². The lowest BCUT2D eigenvalue weighted by atomic mass is 9.84. The summed E-state index contributed by atoms with van der Waals surface area (Å²) in [5.41, 5.74) is 10.9. The molecule has 6 N–H and O–H groups in total. The lowest BCUT2D eigenvalue weighted by Gasteiger charge is -2.27. The Morgan fingerprint density at radius 2 is 2.00 bits per heavy atom. The van der Waals surface area contributed by atoms with Crippen LogP contribution in [0.25, 0.3) is 0 Å². The van der Waals surface area contributed by atoms with E-state index in [0.29, 0.717) is 11.3 Å². The standard InChI is InChI=1S/C12H15N5O2/c1-15-10(18)9-12(11(14)19,17-6-16-9)7-2-4-8(13)5-3-7/h2-5,17H,6,13H2,1H3,(H2,14,19)(H,15,18).